The zero-order valence-electron chi connectivity index (χ0n) is 11.6. The summed E-state index contributed by atoms with van der Waals surface area (Å²) in [5.41, 5.74) is 1.46. The van der Waals surface area contributed by atoms with Crippen LogP contribution < -0.4 is 5.32 Å². The van der Waals surface area contributed by atoms with E-state index in [9.17, 15) is 0 Å². The van der Waals surface area contributed by atoms with Crippen LogP contribution in [0.3, 0.4) is 0 Å². The second kappa shape index (κ2) is 4.98. The molecule has 0 aromatic carbocycles. The van der Waals surface area contributed by atoms with Crippen LogP contribution >= 0.6 is 0 Å². The number of imidazole rings is 1. The fourth-order valence-corrected chi connectivity index (χ4v) is 1.77. The molecule has 98 valence electrons. The highest BCUT2D eigenvalue weighted by molar-refractivity contribution is 5.11. The van der Waals surface area contributed by atoms with Gasteiger partial charge in [-0.1, -0.05) is 0 Å². The summed E-state index contributed by atoms with van der Waals surface area (Å²) >= 11 is 0. The lowest BCUT2D eigenvalue weighted by Gasteiger charge is -2.19. The molecule has 0 fully saturated rings. The normalized spacial score (nSPS) is 12.0. The number of hydrogen-bond acceptors (Lipinski definition) is 2. The molecular weight excluding hydrogens is 224 g/mol. The molecule has 18 heavy (non-hydrogen) atoms. The second-order valence-electron chi connectivity index (χ2n) is 5.75. The van der Waals surface area contributed by atoms with E-state index in [2.05, 4.69) is 54.1 Å². The number of rotatable bonds is 4. The molecule has 0 bridgehead atoms. The summed E-state index contributed by atoms with van der Waals surface area (Å²) in [7, 11) is 2.02. The molecular formula is C14H22N4. The van der Waals surface area contributed by atoms with Gasteiger partial charge in [0.15, 0.2) is 0 Å². The predicted molar refractivity (Wildman–Crippen MR) is 73.3 cm³/mol. The van der Waals surface area contributed by atoms with Gasteiger partial charge in [-0.2, -0.15) is 0 Å². The summed E-state index contributed by atoms with van der Waals surface area (Å²) in [4.78, 5) is 4.33. The van der Waals surface area contributed by atoms with Crippen molar-refractivity contribution in [1.82, 2.24) is 19.4 Å². The zero-order chi connectivity index (χ0) is 13.2. The Morgan fingerprint density at radius 1 is 1.28 bits per heavy atom. The molecule has 0 aliphatic carbocycles. The van der Waals surface area contributed by atoms with Crippen molar-refractivity contribution in [2.24, 2.45) is 7.05 Å². The fraction of sp³-hybridized carbons (Fsp3) is 0.500. The first kappa shape index (κ1) is 12.9. The summed E-state index contributed by atoms with van der Waals surface area (Å²) in [6, 6.07) is 2.15. The number of aryl methyl sites for hydroxylation is 1. The van der Waals surface area contributed by atoms with Gasteiger partial charge < -0.3 is 14.5 Å². The lowest BCUT2D eigenvalue weighted by Crippen LogP contribution is -2.34. The molecule has 0 saturated carbocycles. The van der Waals surface area contributed by atoms with Crippen molar-refractivity contribution < 1.29 is 0 Å². The second-order valence-corrected chi connectivity index (χ2v) is 5.75. The molecule has 0 atom stereocenters. The van der Waals surface area contributed by atoms with Crippen LogP contribution in [0.15, 0.2) is 30.9 Å². The molecule has 2 aromatic heterocycles. The Balaban J connectivity index is 1.96. The Bertz CT molecular complexity index is 502. The third-order valence-electron chi connectivity index (χ3n) is 2.88. The maximum Gasteiger partial charge on any atom is 0.128 e. The Kier molecular flexibility index (Phi) is 3.57. The van der Waals surface area contributed by atoms with Crippen LogP contribution in [-0.2, 0) is 20.1 Å². The van der Waals surface area contributed by atoms with Gasteiger partial charge in [0.25, 0.3) is 0 Å². The van der Waals surface area contributed by atoms with Crippen molar-refractivity contribution in [3.63, 3.8) is 0 Å². The third-order valence-corrected chi connectivity index (χ3v) is 2.88. The fourth-order valence-electron chi connectivity index (χ4n) is 1.77. The van der Waals surface area contributed by atoms with Gasteiger partial charge in [0.2, 0.25) is 0 Å². The summed E-state index contributed by atoms with van der Waals surface area (Å²) in [5.74, 6) is 1.07. The van der Waals surface area contributed by atoms with Crippen LogP contribution in [0.1, 0.15) is 32.2 Å². The molecule has 0 spiro atoms. The van der Waals surface area contributed by atoms with Gasteiger partial charge in [0, 0.05) is 43.9 Å². The maximum absolute atomic E-state index is 4.33. The van der Waals surface area contributed by atoms with Crippen molar-refractivity contribution in [1.29, 1.82) is 0 Å². The van der Waals surface area contributed by atoms with Gasteiger partial charge in [-0.3, -0.25) is 0 Å². The average molecular weight is 246 g/mol. The van der Waals surface area contributed by atoms with Gasteiger partial charge >= 0.3 is 0 Å². The lowest BCUT2D eigenvalue weighted by atomic mass is 10.1. The van der Waals surface area contributed by atoms with Crippen LogP contribution in [-0.4, -0.2) is 19.7 Å². The Morgan fingerprint density at radius 3 is 2.67 bits per heavy atom. The van der Waals surface area contributed by atoms with E-state index >= 15 is 0 Å². The van der Waals surface area contributed by atoms with E-state index in [-0.39, 0.29) is 5.54 Å². The van der Waals surface area contributed by atoms with Crippen LogP contribution in [0.25, 0.3) is 0 Å². The van der Waals surface area contributed by atoms with E-state index < -0.39 is 0 Å². The molecule has 2 rings (SSSR count). The Hall–Kier alpha value is -1.55. The molecule has 4 nitrogen and oxygen atoms in total. The quantitative estimate of drug-likeness (QED) is 0.897. The molecule has 0 radical (unpaired) electrons. The summed E-state index contributed by atoms with van der Waals surface area (Å²) in [6.07, 6.45) is 8.09. The smallest absolute Gasteiger partial charge is 0.128 e. The van der Waals surface area contributed by atoms with Crippen molar-refractivity contribution in [2.75, 3.05) is 0 Å². The molecule has 2 heterocycles. The maximum atomic E-state index is 4.33. The summed E-state index contributed by atoms with van der Waals surface area (Å²) in [5, 5.41) is 3.49. The first-order valence-corrected chi connectivity index (χ1v) is 6.30. The average Bonchev–Trinajstić information content (AvgIpc) is 2.86. The molecule has 0 aliphatic rings. The highest BCUT2D eigenvalue weighted by atomic mass is 15.1. The van der Waals surface area contributed by atoms with Crippen LogP contribution in [0.2, 0.25) is 0 Å². The first-order chi connectivity index (χ1) is 8.44. The van der Waals surface area contributed by atoms with E-state index in [0.717, 1.165) is 18.9 Å². The van der Waals surface area contributed by atoms with E-state index in [1.54, 1.807) is 0 Å². The van der Waals surface area contributed by atoms with E-state index in [0.29, 0.717) is 0 Å². The van der Waals surface area contributed by atoms with Gasteiger partial charge in [0.05, 0.1) is 6.54 Å². The SMILES string of the molecule is Cn1ccnc1Cn1ccc(CNC(C)(C)C)c1. The minimum atomic E-state index is 0.155. The largest absolute Gasteiger partial charge is 0.346 e. The molecule has 0 amide bonds. The van der Waals surface area contributed by atoms with E-state index in [4.69, 9.17) is 0 Å². The highest BCUT2D eigenvalue weighted by Crippen LogP contribution is 2.07. The molecule has 0 unspecified atom stereocenters. The van der Waals surface area contributed by atoms with E-state index in [1.807, 2.05) is 24.0 Å². The Labute approximate surface area is 109 Å². The molecule has 2 aromatic rings. The van der Waals surface area contributed by atoms with Gasteiger partial charge in [0.1, 0.15) is 5.82 Å². The molecule has 0 aliphatic heterocycles. The van der Waals surface area contributed by atoms with Crippen molar-refractivity contribution in [3.05, 3.63) is 42.2 Å². The van der Waals surface area contributed by atoms with Crippen molar-refractivity contribution in [3.8, 4) is 0 Å². The van der Waals surface area contributed by atoms with Crippen molar-refractivity contribution in [2.45, 2.75) is 39.4 Å². The third kappa shape index (κ3) is 3.47. The van der Waals surface area contributed by atoms with Gasteiger partial charge in [-0.25, -0.2) is 4.98 Å². The lowest BCUT2D eigenvalue weighted by molar-refractivity contribution is 0.424. The highest BCUT2D eigenvalue weighted by Gasteiger charge is 2.09. The molecule has 1 N–H and O–H groups in total. The summed E-state index contributed by atoms with van der Waals surface area (Å²) < 4.78 is 4.22. The minimum absolute atomic E-state index is 0.155. The molecule has 4 heteroatoms. The van der Waals surface area contributed by atoms with Crippen LogP contribution in [0.4, 0.5) is 0 Å². The van der Waals surface area contributed by atoms with Gasteiger partial charge in [-0.15, -0.1) is 0 Å². The predicted octanol–water partition coefficient (Wildman–Crippen LogP) is 2.16. The minimum Gasteiger partial charge on any atom is -0.346 e. The first-order valence-electron chi connectivity index (χ1n) is 6.30. The number of nitrogens with zero attached hydrogens (tertiary/aromatic N) is 3. The molecule has 0 saturated heterocycles. The number of hydrogen-bond donors (Lipinski definition) is 1. The van der Waals surface area contributed by atoms with Crippen molar-refractivity contribution >= 4 is 0 Å². The standard InChI is InChI=1S/C14H22N4/c1-14(2,3)16-9-12-5-7-18(10-12)11-13-15-6-8-17(13)4/h5-8,10,16H,9,11H2,1-4H3. The van der Waals surface area contributed by atoms with E-state index in [1.165, 1.54) is 5.56 Å². The van der Waals surface area contributed by atoms with Crippen LogP contribution in [0, 0.1) is 0 Å². The summed E-state index contributed by atoms with van der Waals surface area (Å²) in [6.45, 7) is 8.25. The monoisotopic (exact) mass is 246 g/mol. The zero-order valence-corrected chi connectivity index (χ0v) is 11.6. The topological polar surface area (TPSA) is 34.8 Å². The van der Waals surface area contributed by atoms with Gasteiger partial charge in [-0.05, 0) is 32.4 Å². The Morgan fingerprint density at radius 2 is 2.06 bits per heavy atom. The number of aromatic nitrogens is 3. The van der Waals surface area contributed by atoms with Crippen LogP contribution in [0.5, 0.6) is 0 Å². The number of nitrogens with one attached hydrogen (secondary N) is 1.